The van der Waals surface area contributed by atoms with Crippen molar-refractivity contribution in [3.8, 4) is 11.5 Å². The molecule has 0 aromatic heterocycles. The van der Waals surface area contributed by atoms with Crippen LogP contribution in [-0.4, -0.2) is 45.3 Å². The fourth-order valence-electron chi connectivity index (χ4n) is 3.43. The van der Waals surface area contributed by atoms with Crippen molar-refractivity contribution in [2.75, 3.05) is 27.3 Å². The molecule has 2 aliphatic rings. The van der Waals surface area contributed by atoms with Crippen LogP contribution in [0.4, 0.5) is 4.79 Å². The van der Waals surface area contributed by atoms with Crippen LogP contribution in [0.2, 0.25) is 0 Å². The predicted molar refractivity (Wildman–Crippen MR) is 91.9 cm³/mol. The van der Waals surface area contributed by atoms with Crippen LogP contribution < -0.4 is 25.0 Å². The second-order valence-corrected chi connectivity index (χ2v) is 6.68. The molecule has 1 aliphatic carbocycles. The normalized spacial score (nSPS) is 22.3. The first-order valence-electron chi connectivity index (χ1n) is 8.77. The highest BCUT2D eigenvalue weighted by Gasteiger charge is 2.34. The third kappa shape index (κ3) is 4.42. The Morgan fingerprint density at radius 3 is 2.68 bits per heavy atom. The molecule has 2 atom stereocenters. The van der Waals surface area contributed by atoms with E-state index >= 15 is 0 Å². The first-order valence-corrected chi connectivity index (χ1v) is 8.77. The molecule has 0 radical (unpaired) electrons. The van der Waals surface area contributed by atoms with Crippen LogP contribution in [0.1, 0.15) is 37.3 Å². The van der Waals surface area contributed by atoms with Crippen LogP contribution in [0.25, 0.3) is 0 Å². The largest absolute Gasteiger partial charge is 0.497 e. The number of imide groups is 1. The summed E-state index contributed by atoms with van der Waals surface area (Å²) < 4.78 is 10.8. The standard InChI is InChI=1S/C18H25N3O4/c1-24-13-7-8-14(16(10-13)25-2)15-4-3-9-21(15)11-17(22)20-18(23)19-12-5-6-12/h7-8,10,12,15H,3-6,9,11H2,1-2H3,(H2,19,20,22,23)/p+1/t15-/m1/s1. The number of hydrogen-bond acceptors (Lipinski definition) is 4. The van der Waals surface area contributed by atoms with Gasteiger partial charge in [-0.15, -0.1) is 0 Å². The van der Waals surface area contributed by atoms with Gasteiger partial charge in [-0.05, 0) is 25.0 Å². The second-order valence-electron chi connectivity index (χ2n) is 6.68. The Labute approximate surface area is 147 Å². The zero-order valence-electron chi connectivity index (χ0n) is 14.8. The molecule has 136 valence electrons. The van der Waals surface area contributed by atoms with E-state index in [0.29, 0.717) is 0 Å². The SMILES string of the molecule is COc1ccc([C@H]2CCC[NH+]2CC(=O)NC(=O)NC2CC2)c(OC)c1. The average molecular weight is 348 g/mol. The van der Waals surface area contributed by atoms with Crippen LogP contribution in [-0.2, 0) is 4.79 Å². The molecule has 3 N–H and O–H groups in total. The number of rotatable bonds is 6. The van der Waals surface area contributed by atoms with E-state index in [1.807, 2.05) is 18.2 Å². The summed E-state index contributed by atoms with van der Waals surface area (Å²) >= 11 is 0. The Hall–Kier alpha value is -2.28. The van der Waals surface area contributed by atoms with Crippen molar-refractivity contribution in [2.45, 2.75) is 37.8 Å². The van der Waals surface area contributed by atoms with Crippen molar-refractivity contribution in [3.05, 3.63) is 23.8 Å². The highest BCUT2D eigenvalue weighted by Crippen LogP contribution is 2.31. The Balaban J connectivity index is 1.63. The minimum absolute atomic E-state index is 0.179. The maximum atomic E-state index is 12.2. The third-order valence-corrected chi connectivity index (χ3v) is 4.85. The monoisotopic (exact) mass is 348 g/mol. The van der Waals surface area contributed by atoms with Gasteiger partial charge in [-0.3, -0.25) is 10.1 Å². The quantitative estimate of drug-likeness (QED) is 0.696. The molecule has 25 heavy (non-hydrogen) atoms. The first kappa shape index (κ1) is 17.5. The van der Waals surface area contributed by atoms with Crippen molar-refractivity contribution in [2.24, 2.45) is 0 Å². The molecule has 3 amide bonds. The summed E-state index contributed by atoms with van der Waals surface area (Å²) in [7, 11) is 3.26. The number of quaternary nitrogens is 1. The second kappa shape index (κ2) is 7.74. The summed E-state index contributed by atoms with van der Waals surface area (Å²) in [6.07, 6.45) is 4.02. The fourth-order valence-corrected chi connectivity index (χ4v) is 3.43. The molecule has 3 rings (SSSR count). The van der Waals surface area contributed by atoms with E-state index in [4.69, 9.17) is 9.47 Å². The summed E-state index contributed by atoms with van der Waals surface area (Å²) in [6.45, 7) is 1.18. The van der Waals surface area contributed by atoms with Gasteiger partial charge >= 0.3 is 6.03 Å². The Morgan fingerprint density at radius 1 is 1.20 bits per heavy atom. The maximum absolute atomic E-state index is 12.2. The summed E-state index contributed by atoms with van der Waals surface area (Å²) in [6, 6.07) is 5.82. The van der Waals surface area contributed by atoms with Gasteiger partial charge < -0.3 is 19.7 Å². The zero-order valence-corrected chi connectivity index (χ0v) is 14.8. The summed E-state index contributed by atoms with van der Waals surface area (Å²) in [4.78, 5) is 25.1. The highest BCUT2D eigenvalue weighted by atomic mass is 16.5. The van der Waals surface area contributed by atoms with E-state index in [2.05, 4.69) is 10.6 Å². The van der Waals surface area contributed by atoms with E-state index in [0.717, 1.165) is 54.2 Å². The fraction of sp³-hybridized carbons (Fsp3) is 0.556. The highest BCUT2D eigenvalue weighted by molar-refractivity contribution is 5.94. The molecule has 7 nitrogen and oxygen atoms in total. The molecular formula is C18H26N3O4+. The van der Waals surface area contributed by atoms with Gasteiger partial charge in [0.15, 0.2) is 6.54 Å². The van der Waals surface area contributed by atoms with Crippen molar-refractivity contribution in [3.63, 3.8) is 0 Å². The van der Waals surface area contributed by atoms with Gasteiger partial charge in [0, 0.05) is 24.9 Å². The number of carbonyl (C=O) groups excluding carboxylic acids is 2. The number of benzene rings is 1. The molecular weight excluding hydrogens is 322 g/mol. The molecule has 7 heteroatoms. The predicted octanol–water partition coefficient (Wildman–Crippen LogP) is 0.412. The first-order chi connectivity index (χ1) is 12.1. The molecule has 2 fully saturated rings. The van der Waals surface area contributed by atoms with Gasteiger partial charge in [-0.2, -0.15) is 0 Å². The van der Waals surface area contributed by atoms with Crippen LogP contribution in [0, 0.1) is 0 Å². The van der Waals surface area contributed by atoms with Gasteiger partial charge in [0.1, 0.15) is 17.5 Å². The van der Waals surface area contributed by atoms with E-state index in [9.17, 15) is 9.59 Å². The van der Waals surface area contributed by atoms with Gasteiger partial charge in [-0.25, -0.2) is 4.79 Å². The van der Waals surface area contributed by atoms with Crippen LogP contribution in [0.5, 0.6) is 11.5 Å². The Bertz CT molecular complexity index is 645. The molecule has 1 heterocycles. The molecule has 0 spiro atoms. The lowest BCUT2D eigenvalue weighted by molar-refractivity contribution is -0.910. The van der Waals surface area contributed by atoms with Gasteiger partial charge in [0.05, 0.1) is 26.3 Å². The molecule has 0 bridgehead atoms. The zero-order chi connectivity index (χ0) is 17.8. The van der Waals surface area contributed by atoms with E-state index < -0.39 is 0 Å². The molecule has 1 aromatic rings. The number of hydrogen-bond donors (Lipinski definition) is 3. The number of carbonyl (C=O) groups is 2. The minimum atomic E-state index is -0.385. The van der Waals surface area contributed by atoms with Crippen molar-refractivity contribution >= 4 is 11.9 Å². The Kier molecular flexibility index (Phi) is 5.43. The lowest BCUT2D eigenvalue weighted by Gasteiger charge is -2.23. The van der Waals surface area contributed by atoms with Crippen molar-refractivity contribution in [1.82, 2.24) is 10.6 Å². The number of methoxy groups -OCH3 is 2. The van der Waals surface area contributed by atoms with Crippen LogP contribution in [0.15, 0.2) is 18.2 Å². The number of likely N-dealkylation sites (tertiary alicyclic amines) is 1. The average Bonchev–Trinajstić information content (AvgIpc) is 3.29. The number of urea groups is 1. The van der Waals surface area contributed by atoms with Gasteiger partial charge in [0.2, 0.25) is 0 Å². The summed E-state index contributed by atoms with van der Waals surface area (Å²) in [5.41, 5.74) is 1.08. The molecule has 1 saturated heterocycles. The van der Waals surface area contributed by atoms with E-state index in [1.54, 1.807) is 14.2 Å². The third-order valence-electron chi connectivity index (χ3n) is 4.85. The maximum Gasteiger partial charge on any atom is 0.321 e. The van der Waals surface area contributed by atoms with Crippen molar-refractivity contribution < 1.29 is 24.0 Å². The number of amides is 3. The number of nitrogens with one attached hydrogen (secondary N) is 3. The lowest BCUT2D eigenvalue weighted by atomic mass is 10.0. The number of ether oxygens (including phenoxy) is 2. The molecule has 1 aromatic carbocycles. The summed E-state index contributed by atoms with van der Waals surface area (Å²) in [5.74, 6) is 1.28. The van der Waals surface area contributed by atoms with Gasteiger partial charge in [0.25, 0.3) is 5.91 Å². The molecule has 1 aliphatic heterocycles. The Morgan fingerprint density at radius 2 is 2.00 bits per heavy atom. The molecule has 1 saturated carbocycles. The van der Waals surface area contributed by atoms with Crippen LogP contribution in [0.3, 0.4) is 0 Å². The smallest absolute Gasteiger partial charge is 0.321 e. The topological polar surface area (TPSA) is 81.1 Å². The van der Waals surface area contributed by atoms with Crippen molar-refractivity contribution in [1.29, 1.82) is 0 Å². The summed E-state index contributed by atoms with van der Waals surface area (Å²) in [5, 5.41) is 5.21. The van der Waals surface area contributed by atoms with E-state index in [1.165, 1.54) is 0 Å². The minimum Gasteiger partial charge on any atom is -0.497 e. The van der Waals surface area contributed by atoms with Gasteiger partial charge in [-0.1, -0.05) is 0 Å². The van der Waals surface area contributed by atoms with E-state index in [-0.39, 0.29) is 30.6 Å². The molecule has 1 unspecified atom stereocenters. The van der Waals surface area contributed by atoms with Crippen LogP contribution >= 0.6 is 0 Å². The lowest BCUT2D eigenvalue weighted by Crippen LogP contribution is -3.11.